The molecule has 6 heteroatoms. The lowest BCUT2D eigenvalue weighted by atomic mass is 10.1. The molecule has 0 aromatic carbocycles. The molecule has 1 aliphatic heterocycles. The Labute approximate surface area is 99.7 Å². The number of rotatable bonds is 5. The highest BCUT2D eigenvalue weighted by Crippen LogP contribution is 2.11. The number of hydrogen-bond acceptors (Lipinski definition) is 5. The molecule has 0 saturated carbocycles. The average Bonchev–Trinajstić information content (AvgIpc) is 2.72. The fourth-order valence-electron chi connectivity index (χ4n) is 1.69. The third-order valence-corrected chi connectivity index (χ3v) is 3.41. The highest BCUT2D eigenvalue weighted by molar-refractivity contribution is 7.99. The largest absolute Gasteiger partial charge is 0.381 e. The van der Waals surface area contributed by atoms with Crippen LogP contribution in [0, 0.1) is 6.92 Å². The van der Waals surface area contributed by atoms with Crippen molar-refractivity contribution in [3.8, 4) is 0 Å². The number of aromatic nitrogens is 3. The maximum absolute atomic E-state index is 5.31. The molecule has 1 aromatic rings. The number of hydrogen-bond donors (Lipinski definition) is 2. The summed E-state index contributed by atoms with van der Waals surface area (Å²) >= 11 is 1.68. The number of nitrogens with zero attached hydrogens (tertiary/aromatic N) is 2. The molecule has 1 aromatic heterocycles. The summed E-state index contributed by atoms with van der Waals surface area (Å²) in [4.78, 5) is 4.24. The highest BCUT2D eigenvalue weighted by Gasteiger charge is 2.12. The molecule has 0 radical (unpaired) electrons. The van der Waals surface area contributed by atoms with Gasteiger partial charge in [-0.15, -0.1) is 5.10 Å². The highest BCUT2D eigenvalue weighted by atomic mass is 32.2. The fraction of sp³-hybridized carbons (Fsp3) is 0.800. The first-order chi connectivity index (χ1) is 7.84. The van der Waals surface area contributed by atoms with Crippen LogP contribution in [0.1, 0.15) is 18.7 Å². The van der Waals surface area contributed by atoms with Crippen LogP contribution in [0.2, 0.25) is 0 Å². The Kier molecular flexibility index (Phi) is 4.62. The van der Waals surface area contributed by atoms with Crippen molar-refractivity contribution < 1.29 is 4.74 Å². The quantitative estimate of drug-likeness (QED) is 0.595. The molecular formula is C10H18N4OS. The van der Waals surface area contributed by atoms with Gasteiger partial charge in [0.25, 0.3) is 0 Å². The normalized spacial score (nSPS) is 17.8. The molecule has 0 atom stereocenters. The summed E-state index contributed by atoms with van der Waals surface area (Å²) in [7, 11) is 0. The van der Waals surface area contributed by atoms with Gasteiger partial charge in [-0.3, -0.25) is 5.10 Å². The Morgan fingerprint density at radius 2 is 2.31 bits per heavy atom. The molecule has 90 valence electrons. The van der Waals surface area contributed by atoms with Crippen LogP contribution < -0.4 is 5.32 Å². The van der Waals surface area contributed by atoms with Crippen molar-refractivity contribution in [1.82, 2.24) is 20.5 Å². The zero-order valence-corrected chi connectivity index (χ0v) is 10.3. The SMILES string of the molecule is Cc1nc(SCCNC2CCOCC2)n[nH]1. The van der Waals surface area contributed by atoms with Crippen molar-refractivity contribution in [2.45, 2.75) is 31.0 Å². The zero-order valence-electron chi connectivity index (χ0n) is 9.53. The number of H-pyrrole nitrogens is 1. The van der Waals surface area contributed by atoms with E-state index < -0.39 is 0 Å². The Hall–Kier alpha value is -0.590. The molecule has 16 heavy (non-hydrogen) atoms. The molecule has 0 amide bonds. The molecule has 2 rings (SSSR count). The van der Waals surface area contributed by atoms with E-state index in [2.05, 4.69) is 20.5 Å². The Bertz CT molecular complexity index is 312. The summed E-state index contributed by atoms with van der Waals surface area (Å²) in [5, 5.41) is 11.3. The predicted octanol–water partition coefficient (Wildman–Crippen LogP) is 0.974. The molecule has 1 fully saturated rings. The first-order valence-electron chi connectivity index (χ1n) is 5.67. The maximum Gasteiger partial charge on any atom is 0.208 e. The Balaban J connectivity index is 1.57. The number of nitrogens with one attached hydrogen (secondary N) is 2. The molecule has 5 nitrogen and oxygen atoms in total. The standard InChI is InChI=1S/C10H18N4OS/c1-8-12-10(14-13-8)16-7-4-11-9-2-5-15-6-3-9/h9,11H,2-7H2,1H3,(H,12,13,14). The van der Waals surface area contributed by atoms with E-state index in [-0.39, 0.29) is 0 Å². The van der Waals surface area contributed by atoms with Gasteiger partial charge in [-0.25, -0.2) is 4.98 Å². The van der Waals surface area contributed by atoms with Crippen LogP contribution in [0.15, 0.2) is 5.16 Å². The van der Waals surface area contributed by atoms with Crippen LogP contribution in [-0.2, 0) is 4.74 Å². The summed E-state index contributed by atoms with van der Waals surface area (Å²) in [6.45, 7) is 4.70. The van der Waals surface area contributed by atoms with Gasteiger partial charge in [0.1, 0.15) is 5.82 Å². The van der Waals surface area contributed by atoms with Gasteiger partial charge in [0, 0.05) is 31.6 Å². The third-order valence-electron chi connectivity index (χ3n) is 2.56. The Morgan fingerprint density at radius 3 is 3.00 bits per heavy atom. The van der Waals surface area contributed by atoms with Crippen LogP contribution in [0.5, 0.6) is 0 Å². The topological polar surface area (TPSA) is 62.8 Å². The van der Waals surface area contributed by atoms with E-state index in [1.54, 1.807) is 11.8 Å². The van der Waals surface area contributed by atoms with E-state index in [4.69, 9.17) is 4.74 Å². The zero-order chi connectivity index (χ0) is 11.2. The minimum absolute atomic E-state index is 0.628. The van der Waals surface area contributed by atoms with Crippen molar-refractivity contribution in [2.24, 2.45) is 0 Å². The van der Waals surface area contributed by atoms with Crippen LogP contribution in [0.4, 0.5) is 0 Å². The molecule has 1 aliphatic rings. The summed E-state index contributed by atoms with van der Waals surface area (Å²) in [6.07, 6.45) is 2.26. The van der Waals surface area contributed by atoms with Gasteiger partial charge in [0.2, 0.25) is 5.16 Å². The number of thioether (sulfide) groups is 1. The van der Waals surface area contributed by atoms with E-state index in [0.717, 1.165) is 49.3 Å². The second kappa shape index (κ2) is 6.22. The number of aromatic amines is 1. The summed E-state index contributed by atoms with van der Waals surface area (Å²) in [5.41, 5.74) is 0. The van der Waals surface area contributed by atoms with Crippen LogP contribution in [-0.4, -0.2) is 46.7 Å². The van der Waals surface area contributed by atoms with Gasteiger partial charge in [0.05, 0.1) is 0 Å². The van der Waals surface area contributed by atoms with Gasteiger partial charge in [-0.05, 0) is 19.8 Å². The van der Waals surface area contributed by atoms with E-state index in [1.807, 2.05) is 6.92 Å². The van der Waals surface area contributed by atoms with Crippen molar-refractivity contribution in [2.75, 3.05) is 25.5 Å². The van der Waals surface area contributed by atoms with Crippen LogP contribution in [0.3, 0.4) is 0 Å². The lowest BCUT2D eigenvalue weighted by Crippen LogP contribution is -2.35. The van der Waals surface area contributed by atoms with Crippen molar-refractivity contribution in [1.29, 1.82) is 0 Å². The second-order valence-electron chi connectivity index (χ2n) is 3.89. The van der Waals surface area contributed by atoms with Gasteiger partial charge in [-0.1, -0.05) is 11.8 Å². The van der Waals surface area contributed by atoms with Crippen LogP contribution in [0.25, 0.3) is 0 Å². The summed E-state index contributed by atoms with van der Waals surface area (Å²) in [5.74, 6) is 1.88. The molecule has 0 spiro atoms. The van der Waals surface area contributed by atoms with E-state index in [1.165, 1.54) is 0 Å². The number of aryl methyl sites for hydroxylation is 1. The minimum Gasteiger partial charge on any atom is -0.381 e. The van der Waals surface area contributed by atoms with E-state index >= 15 is 0 Å². The smallest absolute Gasteiger partial charge is 0.208 e. The summed E-state index contributed by atoms with van der Waals surface area (Å²) in [6, 6.07) is 0.628. The van der Waals surface area contributed by atoms with Crippen molar-refractivity contribution in [3.05, 3.63) is 5.82 Å². The van der Waals surface area contributed by atoms with Gasteiger partial charge < -0.3 is 10.1 Å². The molecule has 0 aliphatic carbocycles. The third kappa shape index (κ3) is 3.77. The van der Waals surface area contributed by atoms with Crippen molar-refractivity contribution >= 4 is 11.8 Å². The molecule has 1 saturated heterocycles. The van der Waals surface area contributed by atoms with Crippen molar-refractivity contribution in [3.63, 3.8) is 0 Å². The van der Waals surface area contributed by atoms with Gasteiger partial charge >= 0.3 is 0 Å². The van der Waals surface area contributed by atoms with Crippen LogP contribution >= 0.6 is 11.8 Å². The average molecular weight is 242 g/mol. The lowest BCUT2D eigenvalue weighted by Gasteiger charge is -2.22. The first-order valence-corrected chi connectivity index (χ1v) is 6.66. The fourth-order valence-corrected chi connectivity index (χ4v) is 2.41. The van der Waals surface area contributed by atoms with E-state index in [0.29, 0.717) is 6.04 Å². The Morgan fingerprint density at radius 1 is 1.50 bits per heavy atom. The number of ether oxygens (including phenoxy) is 1. The van der Waals surface area contributed by atoms with Gasteiger partial charge in [-0.2, -0.15) is 0 Å². The van der Waals surface area contributed by atoms with E-state index in [9.17, 15) is 0 Å². The molecule has 2 N–H and O–H groups in total. The lowest BCUT2D eigenvalue weighted by molar-refractivity contribution is 0.0786. The monoisotopic (exact) mass is 242 g/mol. The minimum atomic E-state index is 0.628. The predicted molar refractivity (Wildman–Crippen MR) is 63.7 cm³/mol. The summed E-state index contributed by atoms with van der Waals surface area (Å²) < 4.78 is 5.31. The molecular weight excluding hydrogens is 224 g/mol. The van der Waals surface area contributed by atoms with Gasteiger partial charge in [0.15, 0.2) is 0 Å². The second-order valence-corrected chi connectivity index (χ2v) is 4.95. The molecule has 0 bridgehead atoms. The molecule has 2 heterocycles. The molecule has 0 unspecified atom stereocenters. The maximum atomic E-state index is 5.31. The first kappa shape index (κ1) is 11.9.